The number of ether oxygens (including phenoxy) is 4. The summed E-state index contributed by atoms with van der Waals surface area (Å²) in [4.78, 5) is 0. The average molecular weight is 271 g/mol. The van der Waals surface area contributed by atoms with Gasteiger partial charge in [-0.2, -0.15) is 0 Å². The van der Waals surface area contributed by atoms with Gasteiger partial charge < -0.3 is 24.7 Å². The minimum atomic E-state index is -0.611. The van der Waals surface area contributed by atoms with E-state index in [0.717, 1.165) is 0 Å². The number of hydrogen-bond acceptors (Lipinski definition) is 5. The zero-order valence-electron chi connectivity index (χ0n) is 11.0. The lowest BCUT2D eigenvalue weighted by Crippen LogP contribution is -2.38. The summed E-state index contributed by atoms with van der Waals surface area (Å²) < 4.78 is 35.0. The molecule has 1 aromatic carbocycles. The fraction of sp³-hybridized carbons (Fsp3) is 0.538. The second-order valence-corrected chi connectivity index (χ2v) is 4.24. The molecule has 2 unspecified atom stereocenters. The van der Waals surface area contributed by atoms with E-state index in [1.807, 2.05) is 0 Å². The highest BCUT2D eigenvalue weighted by atomic mass is 19.1. The highest BCUT2D eigenvalue weighted by Crippen LogP contribution is 2.33. The first kappa shape index (κ1) is 14.0. The van der Waals surface area contributed by atoms with Crippen LogP contribution in [0.5, 0.6) is 11.5 Å². The van der Waals surface area contributed by atoms with E-state index in [-0.39, 0.29) is 6.10 Å². The van der Waals surface area contributed by atoms with Crippen LogP contribution < -0.4 is 15.2 Å². The molecule has 2 atom stereocenters. The number of methoxy groups -OCH3 is 2. The molecule has 1 aliphatic heterocycles. The molecule has 0 saturated carbocycles. The summed E-state index contributed by atoms with van der Waals surface area (Å²) in [6, 6.07) is 2.19. The van der Waals surface area contributed by atoms with Crippen molar-refractivity contribution in [1.29, 1.82) is 0 Å². The summed E-state index contributed by atoms with van der Waals surface area (Å²) in [5, 5.41) is 0. The van der Waals surface area contributed by atoms with Crippen molar-refractivity contribution in [3.8, 4) is 11.5 Å². The molecule has 1 saturated heterocycles. The Bertz CT molecular complexity index is 435. The van der Waals surface area contributed by atoms with Crippen molar-refractivity contribution in [2.75, 3.05) is 34.0 Å². The molecular formula is C13H18FNO4. The van der Waals surface area contributed by atoms with Crippen LogP contribution in [0.2, 0.25) is 0 Å². The molecule has 0 bridgehead atoms. The number of hydrogen-bond donors (Lipinski definition) is 1. The van der Waals surface area contributed by atoms with E-state index in [9.17, 15) is 4.39 Å². The van der Waals surface area contributed by atoms with Crippen LogP contribution in [-0.4, -0.2) is 40.1 Å². The van der Waals surface area contributed by atoms with Gasteiger partial charge in [-0.25, -0.2) is 4.39 Å². The van der Waals surface area contributed by atoms with Crippen molar-refractivity contribution in [1.82, 2.24) is 0 Å². The summed E-state index contributed by atoms with van der Waals surface area (Å²) in [7, 11) is 2.94. The van der Waals surface area contributed by atoms with Gasteiger partial charge in [0.1, 0.15) is 11.9 Å². The largest absolute Gasteiger partial charge is 0.493 e. The van der Waals surface area contributed by atoms with Gasteiger partial charge in [-0.3, -0.25) is 0 Å². The lowest BCUT2D eigenvalue weighted by Gasteiger charge is -2.28. The van der Waals surface area contributed by atoms with Crippen LogP contribution in [0.1, 0.15) is 11.6 Å². The molecule has 0 amide bonds. The number of halogens is 1. The van der Waals surface area contributed by atoms with Crippen molar-refractivity contribution in [2.45, 2.75) is 12.1 Å². The first-order valence-electron chi connectivity index (χ1n) is 6.03. The maximum absolute atomic E-state index is 14.0. The Hall–Kier alpha value is -1.37. The molecule has 5 nitrogen and oxygen atoms in total. The summed E-state index contributed by atoms with van der Waals surface area (Å²) in [5.41, 5.74) is 6.37. The minimum Gasteiger partial charge on any atom is -0.493 e. The van der Waals surface area contributed by atoms with E-state index in [2.05, 4.69) is 0 Å². The third kappa shape index (κ3) is 2.97. The Morgan fingerprint density at radius 2 is 1.95 bits per heavy atom. The van der Waals surface area contributed by atoms with Crippen molar-refractivity contribution < 1.29 is 23.3 Å². The third-order valence-corrected chi connectivity index (χ3v) is 3.10. The van der Waals surface area contributed by atoms with E-state index in [1.165, 1.54) is 26.4 Å². The fourth-order valence-corrected chi connectivity index (χ4v) is 2.04. The molecule has 2 rings (SSSR count). The van der Waals surface area contributed by atoms with Crippen LogP contribution in [-0.2, 0) is 9.47 Å². The number of rotatable bonds is 4. The smallest absolute Gasteiger partial charge is 0.163 e. The van der Waals surface area contributed by atoms with Crippen LogP contribution in [0.4, 0.5) is 4.39 Å². The maximum Gasteiger partial charge on any atom is 0.163 e. The Labute approximate surface area is 111 Å². The van der Waals surface area contributed by atoms with Gasteiger partial charge in [0.2, 0.25) is 0 Å². The molecule has 6 heteroatoms. The first-order valence-corrected chi connectivity index (χ1v) is 6.03. The van der Waals surface area contributed by atoms with E-state index in [1.54, 1.807) is 0 Å². The van der Waals surface area contributed by atoms with Crippen LogP contribution in [0, 0.1) is 5.82 Å². The van der Waals surface area contributed by atoms with Crippen molar-refractivity contribution in [3.63, 3.8) is 0 Å². The normalized spacial score (nSPS) is 20.9. The Balaban J connectivity index is 2.27. The van der Waals surface area contributed by atoms with E-state index in [4.69, 9.17) is 24.7 Å². The molecule has 0 aromatic heterocycles. The van der Waals surface area contributed by atoms with Crippen molar-refractivity contribution in [2.24, 2.45) is 5.73 Å². The monoisotopic (exact) mass is 271 g/mol. The summed E-state index contributed by atoms with van der Waals surface area (Å²) in [6.45, 7) is 1.36. The predicted molar refractivity (Wildman–Crippen MR) is 67.0 cm³/mol. The Morgan fingerprint density at radius 3 is 2.53 bits per heavy atom. The topological polar surface area (TPSA) is 62.9 Å². The van der Waals surface area contributed by atoms with Gasteiger partial charge in [0, 0.05) is 11.6 Å². The van der Waals surface area contributed by atoms with Crippen LogP contribution in [0.25, 0.3) is 0 Å². The molecular weight excluding hydrogens is 253 g/mol. The van der Waals surface area contributed by atoms with Gasteiger partial charge in [0.15, 0.2) is 11.5 Å². The molecule has 1 fully saturated rings. The summed E-state index contributed by atoms with van der Waals surface area (Å²) >= 11 is 0. The van der Waals surface area contributed by atoms with Crippen molar-refractivity contribution in [3.05, 3.63) is 23.5 Å². The van der Waals surface area contributed by atoms with Gasteiger partial charge in [0.05, 0.1) is 40.1 Å². The second kappa shape index (κ2) is 6.18. The maximum atomic E-state index is 14.0. The summed E-state index contributed by atoms with van der Waals surface area (Å²) in [6.07, 6.45) is -0.360. The second-order valence-electron chi connectivity index (χ2n) is 4.24. The number of nitrogens with two attached hydrogens (primary N) is 1. The summed E-state index contributed by atoms with van der Waals surface area (Å²) in [5.74, 6) is 0.321. The average Bonchev–Trinajstić information content (AvgIpc) is 2.47. The van der Waals surface area contributed by atoms with Crippen LogP contribution in [0.3, 0.4) is 0 Å². The quantitative estimate of drug-likeness (QED) is 0.893. The van der Waals surface area contributed by atoms with E-state index in [0.29, 0.717) is 36.9 Å². The van der Waals surface area contributed by atoms with Gasteiger partial charge in [-0.15, -0.1) is 0 Å². The fourth-order valence-electron chi connectivity index (χ4n) is 2.04. The lowest BCUT2D eigenvalue weighted by molar-refractivity contribution is -0.0979. The third-order valence-electron chi connectivity index (χ3n) is 3.10. The highest BCUT2D eigenvalue weighted by molar-refractivity contribution is 5.44. The van der Waals surface area contributed by atoms with Gasteiger partial charge >= 0.3 is 0 Å². The Morgan fingerprint density at radius 1 is 1.26 bits per heavy atom. The molecule has 1 aliphatic rings. The zero-order valence-corrected chi connectivity index (χ0v) is 11.0. The Kier molecular flexibility index (Phi) is 4.57. The molecule has 19 heavy (non-hydrogen) atoms. The molecule has 0 spiro atoms. The molecule has 1 aromatic rings. The van der Waals surface area contributed by atoms with Gasteiger partial charge in [-0.05, 0) is 6.07 Å². The molecule has 2 N–H and O–H groups in total. The lowest BCUT2D eigenvalue weighted by atomic mass is 10.0. The van der Waals surface area contributed by atoms with Gasteiger partial charge in [0.25, 0.3) is 0 Å². The SMILES string of the molecule is COc1cc(F)c(C(N)C2COCCO2)cc1OC. The van der Waals surface area contributed by atoms with Crippen molar-refractivity contribution >= 4 is 0 Å². The molecule has 106 valence electrons. The molecule has 0 aliphatic carbocycles. The predicted octanol–water partition coefficient (Wildman–Crippen LogP) is 1.26. The first-order chi connectivity index (χ1) is 9.17. The molecule has 0 radical (unpaired) electrons. The zero-order chi connectivity index (χ0) is 13.8. The van der Waals surface area contributed by atoms with E-state index < -0.39 is 11.9 Å². The number of benzene rings is 1. The molecule has 1 heterocycles. The van der Waals surface area contributed by atoms with Gasteiger partial charge in [-0.1, -0.05) is 0 Å². The highest BCUT2D eigenvalue weighted by Gasteiger charge is 2.27. The standard InChI is InChI=1S/C13H18FNO4/c1-16-10-5-8(9(14)6-11(10)17-2)13(15)12-7-18-3-4-19-12/h5-6,12-13H,3-4,7,15H2,1-2H3. The van der Waals surface area contributed by atoms with Crippen LogP contribution in [0.15, 0.2) is 12.1 Å². The minimum absolute atomic E-state index is 0.327. The van der Waals surface area contributed by atoms with Crippen LogP contribution >= 0.6 is 0 Å². The van der Waals surface area contributed by atoms with E-state index >= 15 is 0 Å².